The van der Waals surface area contributed by atoms with Crippen molar-refractivity contribution in [3.8, 4) is 0 Å². The summed E-state index contributed by atoms with van der Waals surface area (Å²) in [7, 11) is 0. The van der Waals surface area contributed by atoms with Crippen LogP contribution in [0.15, 0.2) is 18.5 Å². The van der Waals surface area contributed by atoms with Crippen molar-refractivity contribution < 1.29 is 14.8 Å². The first-order valence-electron chi connectivity index (χ1n) is 5.61. The van der Waals surface area contributed by atoms with Gasteiger partial charge in [-0.05, 0) is 25.3 Å². The number of carboxylic acids is 1. The van der Waals surface area contributed by atoms with Gasteiger partial charge in [0, 0.05) is 11.7 Å². The molecule has 7 nitrogen and oxygen atoms in total. The zero-order chi connectivity index (χ0) is 13.2. The lowest BCUT2D eigenvalue weighted by Gasteiger charge is -2.42. The maximum Gasteiger partial charge on any atom is 0.310 e. The van der Waals surface area contributed by atoms with E-state index < -0.39 is 16.4 Å². The fraction of sp³-hybridized carbons (Fsp3) is 0.455. The molecule has 7 heteroatoms. The fourth-order valence-corrected chi connectivity index (χ4v) is 2.16. The van der Waals surface area contributed by atoms with Crippen LogP contribution in [0, 0.1) is 10.1 Å². The molecule has 18 heavy (non-hydrogen) atoms. The number of pyridine rings is 1. The van der Waals surface area contributed by atoms with Gasteiger partial charge in [0.15, 0.2) is 0 Å². The first kappa shape index (κ1) is 12.3. The van der Waals surface area contributed by atoms with Gasteiger partial charge in [-0.2, -0.15) is 0 Å². The summed E-state index contributed by atoms with van der Waals surface area (Å²) >= 11 is 0. The van der Waals surface area contributed by atoms with Crippen LogP contribution in [0.25, 0.3) is 0 Å². The Kier molecular flexibility index (Phi) is 3.14. The van der Waals surface area contributed by atoms with Crippen molar-refractivity contribution in [2.75, 3.05) is 5.32 Å². The van der Waals surface area contributed by atoms with Gasteiger partial charge in [-0.3, -0.25) is 19.9 Å². The molecule has 0 aromatic carbocycles. The lowest BCUT2D eigenvalue weighted by molar-refractivity contribution is -0.384. The molecule has 96 valence electrons. The summed E-state index contributed by atoms with van der Waals surface area (Å²) in [6.45, 7) is 0. The molecule has 1 aliphatic carbocycles. The molecule has 0 aliphatic heterocycles. The molecule has 2 N–H and O–H groups in total. The molecule has 0 atom stereocenters. The van der Waals surface area contributed by atoms with Gasteiger partial charge in [0.25, 0.3) is 0 Å². The third kappa shape index (κ3) is 2.39. The summed E-state index contributed by atoms with van der Waals surface area (Å²) in [4.78, 5) is 24.9. The van der Waals surface area contributed by atoms with E-state index in [0.29, 0.717) is 18.5 Å². The van der Waals surface area contributed by atoms with Gasteiger partial charge in [0.2, 0.25) is 0 Å². The molecule has 1 saturated carbocycles. The second-order valence-electron chi connectivity index (χ2n) is 4.48. The number of carbonyl (C=O) groups is 1. The van der Waals surface area contributed by atoms with E-state index in [1.54, 1.807) is 0 Å². The van der Waals surface area contributed by atoms with Crippen molar-refractivity contribution in [2.24, 2.45) is 0 Å². The molecule has 0 saturated heterocycles. The predicted octanol–water partition coefficient (Wildman–Crippen LogP) is 1.80. The van der Waals surface area contributed by atoms with Crippen LogP contribution >= 0.6 is 0 Å². The van der Waals surface area contributed by atoms with Crippen LogP contribution in [-0.2, 0) is 4.79 Å². The van der Waals surface area contributed by atoms with Crippen LogP contribution in [0.2, 0.25) is 0 Å². The summed E-state index contributed by atoms with van der Waals surface area (Å²) in [6.07, 6.45) is 4.92. The molecule has 0 spiro atoms. The summed E-state index contributed by atoms with van der Waals surface area (Å²) in [5, 5.41) is 22.7. The summed E-state index contributed by atoms with van der Waals surface area (Å²) in [6, 6.07) is 1.50. The number of aromatic nitrogens is 1. The van der Waals surface area contributed by atoms with Gasteiger partial charge < -0.3 is 10.4 Å². The van der Waals surface area contributed by atoms with Gasteiger partial charge >= 0.3 is 11.7 Å². The number of carboxylic acid groups (broad SMARTS) is 1. The smallest absolute Gasteiger partial charge is 0.310 e. The van der Waals surface area contributed by atoms with E-state index in [4.69, 9.17) is 5.11 Å². The molecular weight excluding hydrogens is 238 g/mol. The molecule has 2 rings (SSSR count). The van der Waals surface area contributed by atoms with Crippen LogP contribution in [0.5, 0.6) is 0 Å². The minimum absolute atomic E-state index is 0.0352. The highest BCUT2D eigenvalue weighted by molar-refractivity contribution is 5.71. The second kappa shape index (κ2) is 4.59. The molecule has 0 amide bonds. The Morgan fingerprint density at radius 2 is 2.33 bits per heavy atom. The van der Waals surface area contributed by atoms with Crippen molar-refractivity contribution in [3.63, 3.8) is 0 Å². The normalized spacial score (nSPS) is 16.7. The number of hydrogen-bond acceptors (Lipinski definition) is 5. The topological polar surface area (TPSA) is 105 Å². The van der Waals surface area contributed by atoms with E-state index in [1.807, 2.05) is 0 Å². The molecule has 1 heterocycles. The third-order valence-electron chi connectivity index (χ3n) is 3.20. The second-order valence-corrected chi connectivity index (χ2v) is 4.48. The number of nitrogens with one attached hydrogen (secondary N) is 1. The minimum atomic E-state index is -0.904. The van der Waals surface area contributed by atoms with Crippen LogP contribution in [-0.4, -0.2) is 26.5 Å². The monoisotopic (exact) mass is 251 g/mol. The highest BCUT2D eigenvalue weighted by atomic mass is 16.6. The van der Waals surface area contributed by atoms with E-state index in [1.165, 1.54) is 12.3 Å². The molecule has 0 radical (unpaired) electrons. The Balaban J connectivity index is 2.22. The molecule has 0 unspecified atom stereocenters. The zero-order valence-corrected chi connectivity index (χ0v) is 9.63. The first-order valence-corrected chi connectivity index (χ1v) is 5.61. The van der Waals surface area contributed by atoms with E-state index in [9.17, 15) is 14.9 Å². The Bertz CT molecular complexity index is 485. The van der Waals surface area contributed by atoms with Gasteiger partial charge in [0.1, 0.15) is 11.9 Å². The minimum Gasteiger partial charge on any atom is -0.481 e. The summed E-state index contributed by atoms with van der Waals surface area (Å²) < 4.78 is 0. The molecule has 0 bridgehead atoms. The number of rotatable bonds is 5. The predicted molar refractivity (Wildman–Crippen MR) is 63.3 cm³/mol. The van der Waals surface area contributed by atoms with Crippen molar-refractivity contribution >= 4 is 17.3 Å². The number of hydrogen-bond donors (Lipinski definition) is 2. The van der Waals surface area contributed by atoms with Crippen molar-refractivity contribution in [2.45, 2.75) is 31.2 Å². The molecular formula is C11H13N3O4. The lowest BCUT2D eigenvalue weighted by atomic mass is 9.74. The van der Waals surface area contributed by atoms with Crippen molar-refractivity contribution in [3.05, 3.63) is 28.6 Å². The molecule has 1 fully saturated rings. The third-order valence-corrected chi connectivity index (χ3v) is 3.20. The van der Waals surface area contributed by atoms with E-state index in [0.717, 1.165) is 12.6 Å². The average Bonchev–Trinajstić information content (AvgIpc) is 2.26. The molecule has 1 aromatic rings. The fourth-order valence-electron chi connectivity index (χ4n) is 2.16. The van der Waals surface area contributed by atoms with Crippen LogP contribution in [0.1, 0.15) is 25.7 Å². The van der Waals surface area contributed by atoms with Crippen molar-refractivity contribution in [1.82, 2.24) is 4.98 Å². The Hall–Kier alpha value is -2.18. The number of nitrogens with zero attached hydrogens (tertiary/aromatic N) is 2. The highest BCUT2D eigenvalue weighted by Gasteiger charge is 2.40. The SMILES string of the molecule is O=C(O)CC1(Nc2ccncc2[N+](=O)[O-])CCC1. The zero-order valence-electron chi connectivity index (χ0n) is 9.63. The first-order chi connectivity index (χ1) is 8.52. The van der Waals surface area contributed by atoms with E-state index >= 15 is 0 Å². The van der Waals surface area contributed by atoms with Gasteiger partial charge in [0.05, 0.1) is 11.3 Å². The van der Waals surface area contributed by atoms with Crippen LogP contribution in [0.4, 0.5) is 11.4 Å². The maximum atomic E-state index is 10.8. The van der Waals surface area contributed by atoms with Crippen LogP contribution in [0.3, 0.4) is 0 Å². The van der Waals surface area contributed by atoms with Gasteiger partial charge in [-0.25, -0.2) is 0 Å². The summed E-state index contributed by atoms with van der Waals surface area (Å²) in [5.41, 5.74) is -0.358. The van der Waals surface area contributed by atoms with E-state index in [-0.39, 0.29) is 12.1 Å². The molecule has 1 aromatic heterocycles. The number of aliphatic carboxylic acids is 1. The number of anilines is 1. The standard InChI is InChI=1S/C11H13N3O4/c15-10(16)6-11(3-1-4-11)13-8-2-5-12-7-9(8)14(17)18/h2,5,7H,1,3-4,6H2,(H,12,13)(H,15,16). The average molecular weight is 251 g/mol. The number of nitro groups is 1. The Morgan fingerprint density at radius 3 is 2.83 bits per heavy atom. The van der Waals surface area contributed by atoms with Gasteiger partial charge in [-0.15, -0.1) is 0 Å². The van der Waals surface area contributed by atoms with Gasteiger partial charge in [-0.1, -0.05) is 0 Å². The molecule has 1 aliphatic rings. The Morgan fingerprint density at radius 1 is 1.61 bits per heavy atom. The quantitative estimate of drug-likeness (QED) is 0.610. The summed E-state index contributed by atoms with van der Waals surface area (Å²) in [5.74, 6) is -0.904. The Labute approximate surface area is 103 Å². The lowest BCUT2D eigenvalue weighted by Crippen LogP contribution is -2.46. The highest BCUT2D eigenvalue weighted by Crippen LogP contribution is 2.39. The van der Waals surface area contributed by atoms with Crippen LogP contribution < -0.4 is 5.32 Å². The largest absolute Gasteiger partial charge is 0.481 e. The van der Waals surface area contributed by atoms with Crippen molar-refractivity contribution in [1.29, 1.82) is 0 Å². The van der Waals surface area contributed by atoms with E-state index in [2.05, 4.69) is 10.3 Å². The maximum absolute atomic E-state index is 10.8.